The number of carbonyl (C=O) groups excluding carboxylic acids is 1. The molecule has 0 aromatic heterocycles. The van der Waals surface area contributed by atoms with Gasteiger partial charge in [0.15, 0.2) is 0 Å². The molecule has 0 unspecified atom stereocenters. The van der Waals surface area contributed by atoms with Crippen LogP contribution in [0.15, 0.2) is 12.1 Å². The Labute approximate surface area is 117 Å². The van der Waals surface area contributed by atoms with Gasteiger partial charge in [-0.25, -0.2) is 0 Å². The van der Waals surface area contributed by atoms with Gasteiger partial charge in [-0.15, -0.1) is 0 Å². The van der Waals surface area contributed by atoms with Crippen LogP contribution < -0.4 is 5.32 Å². The molecule has 1 N–H and O–H groups in total. The van der Waals surface area contributed by atoms with Crippen LogP contribution in [0.5, 0.6) is 0 Å². The summed E-state index contributed by atoms with van der Waals surface area (Å²) in [6.07, 6.45) is 2.14. The summed E-state index contributed by atoms with van der Waals surface area (Å²) in [5.41, 5.74) is 4.59. The summed E-state index contributed by atoms with van der Waals surface area (Å²) in [6, 6.07) is 4.27. The zero-order valence-electron chi connectivity index (χ0n) is 13.0. The number of hydrogen-bond donors (Lipinski definition) is 1. The van der Waals surface area contributed by atoms with Crippen molar-refractivity contribution in [2.75, 3.05) is 25.3 Å². The molecule has 3 heteroatoms. The standard InChI is InChI=1S/C16H26NOP/c1-11-9-12(2)14(13(3)10-11)17-15(18)16(7-8-16)19(4,5)6/h9-10,19H,7-8H2,1-6H3,(H,17,18). The van der Waals surface area contributed by atoms with Gasteiger partial charge in [0.2, 0.25) is 0 Å². The van der Waals surface area contributed by atoms with E-state index >= 15 is 0 Å². The van der Waals surface area contributed by atoms with Crippen LogP contribution in [0.2, 0.25) is 0 Å². The monoisotopic (exact) mass is 279 g/mol. The molecule has 0 aliphatic heterocycles. The minimum absolute atomic E-state index is 0.0310. The van der Waals surface area contributed by atoms with Crippen molar-refractivity contribution in [3.8, 4) is 0 Å². The third-order valence-corrected chi connectivity index (χ3v) is 8.13. The number of amides is 1. The second-order valence-corrected chi connectivity index (χ2v) is 12.5. The summed E-state index contributed by atoms with van der Waals surface area (Å²) in [6.45, 7) is 13.1. The maximum absolute atomic E-state index is 12.7. The summed E-state index contributed by atoms with van der Waals surface area (Å²) in [4.78, 5) is 12.7. The zero-order valence-corrected chi connectivity index (χ0v) is 14.0. The first kappa shape index (κ1) is 14.5. The fourth-order valence-electron chi connectivity index (χ4n) is 3.05. The van der Waals surface area contributed by atoms with Gasteiger partial charge in [-0.3, -0.25) is 0 Å². The van der Waals surface area contributed by atoms with Crippen LogP contribution in [0, 0.1) is 20.8 Å². The van der Waals surface area contributed by atoms with Crippen molar-refractivity contribution in [3.63, 3.8) is 0 Å². The molecule has 1 amide bonds. The van der Waals surface area contributed by atoms with E-state index in [2.05, 4.69) is 58.2 Å². The molecule has 0 heterocycles. The molecule has 19 heavy (non-hydrogen) atoms. The first-order chi connectivity index (χ1) is 8.67. The third kappa shape index (κ3) is 2.56. The van der Waals surface area contributed by atoms with Gasteiger partial charge in [0.1, 0.15) is 0 Å². The molecule has 106 valence electrons. The molecule has 0 saturated heterocycles. The van der Waals surface area contributed by atoms with E-state index in [1.54, 1.807) is 0 Å². The number of carbonyl (C=O) groups is 1. The topological polar surface area (TPSA) is 29.1 Å². The molecule has 0 radical (unpaired) electrons. The summed E-state index contributed by atoms with van der Waals surface area (Å²) in [5, 5.41) is 3.18. The maximum atomic E-state index is 12.7. The number of hydrogen-bond acceptors (Lipinski definition) is 1. The van der Waals surface area contributed by atoms with Gasteiger partial charge >= 0.3 is 117 Å². The quantitative estimate of drug-likeness (QED) is 0.839. The molecule has 1 aliphatic rings. The van der Waals surface area contributed by atoms with E-state index in [1.165, 1.54) is 5.56 Å². The van der Waals surface area contributed by atoms with Crippen LogP contribution in [0.1, 0.15) is 29.5 Å². The fraction of sp³-hybridized carbons (Fsp3) is 0.562. The van der Waals surface area contributed by atoms with E-state index in [0.29, 0.717) is 0 Å². The predicted octanol–water partition coefficient (Wildman–Crippen LogP) is 3.72. The molecule has 2 rings (SSSR count). The number of benzene rings is 1. The summed E-state index contributed by atoms with van der Waals surface area (Å²) >= 11 is 0. The summed E-state index contributed by atoms with van der Waals surface area (Å²) in [7, 11) is -1.45. The van der Waals surface area contributed by atoms with Crippen LogP contribution in [0.4, 0.5) is 5.69 Å². The molecule has 1 aliphatic carbocycles. The second-order valence-electron chi connectivity index (χ2n) is 7.06. The van der Waals surface area contributed by atoms with Crippen LogP contribution in [-0.4, -0.2) is 31.1 Å². The van der Waals surface area contributed by atoms with Crippen molar-refractivity contribution < 1.29 is 4.79 Å². The van der Waals surface area contributed by atoms with Crippen molar-refractivity contribution in [1.82, 2.24) is 0 Å². The average molecular weight is 279 g/mol. The Morgan fingerprint density at radius 1 is 1.11 bits per heavy atom. The Morgan fingerprint density at radius 2 is 1.58 bits per heavy atom. The van der Waals surface area contributed by atoms with Crippen molar-refractivity contribution in [2.45, 2.75) is 38.8 Å². The van der Waals surface area contributed by atoms with E-state index in [-0.39, 0.29) is 11.1 Å². The molecule has 1 aromatic rings. The Hall–Kier alpha value is -0.880. The van der Waals surface area contributed by atoms with Crippen LogP contribution in [0.3, 0.4) is 0 Å². The zero-order chi connectivity index (χ0) is 14.4. The van der Waals surface area contributed by atoms with E-state index in [4.69, 9.17) is 0 Å². The molecular weight excluding hydrogens is 253 g/mol. The Morgan fingerprint density at radius 3 is 1.95 bits per heavy atom. The number of rotatable bonds is 3. The number of anilines is 1. The van der Waals surface area contributed by atoms with Gasteiger partial charge in [0.25, 0.3) is 0 Å². The van der Waals surface area contributed by atoms with Gasteiger partial charge in [0, 0.05) is 0 Å². The predicted molar refractivity (Wildman–Crippen MR) is 87.3 cm³/mol. The van der Waals surface area contributed by atoms with E-state index in [1.807, 2.05) is 0 Å². The van der Waals surface area contributed by atoms with Gasteiger partial charge in [-0.1, -0.05) is 0 Å². The Kier molecular flexibility index (Phi) is 3.51. The van der Waals surface area contributed by atoms with Crippen molar-refractivity contribution >= 4 is 18.9 Å². The summed E-state index contributed by atoms with van der Waals surface area (Å²) in [5.74, 6) is 0.252. The van der Waals surface area contributed by atoms with E-state index in [0.717, 1.165) is 29.7 Å². The SMILES string of the molecule is Cc1cc(C)c(NC(=O)C2([PH](C)(C)C)CC2)c(C)c1. The Bertz CT molecular complexity index is 501. The number of aryl methyl sites for hydroxylation is 3. The second kappa shape index (κ2) is 4.59. The van der Waals surface area contributed by atoms with Gasteiger partial charge < -0.3 is 0 Å². The molecule has 0 atom stereocenters. The summed E-state index contributed by atoms with van der Waals surface area (Å²) < 4.78 is 0. The molecule has 1 fully saturated rings. The van der Waals surface area contributed by atoms with Crippen LogP contribution in [0.25, 0.3) is 0 Å². The van der Waals surface area contributed by atoms with Gasteiger partial charge in [0.05, 0.1) is 0 Å². The van der Waals surface area contributed by atoms with Crippen LogP contribution in [-0.2, 0) is 4.79 Å². The van der Waals surface area contributed by atoms with Crippen molar-refractivity contribution in [1.29, 1.82) is 0 Å². The first-order valence-corrected chi connectivity index (χ1v) is 10.6. The van der Waals surface area contributed by atoms with Gasteiger partial charge in [-0.05, 0) is 0 Å². The molecule has 1 aromatic carbocycles. The Balaban J connectivity index is 2.26. The van der Waals surface area contributed by atoms with E-state index < -0.39 is 7.26 Å². The molecule has 0 spiro atoms. The number of nitrogens with one attached hydrogen (secondary N) is 1. The normalized spacial score (nSPS) is 18.0. The fourth-order valence-corrected chi connectivity index (χ4v) is 5.42. The van der Waals surface area contributed by atoms with Crippen molar-refractivity contribution in [3.05, 3.63) is 28.8 Å². The van der Waals surface area contributed by atoms with Crippen LogP contribution >= 0.6 is 7.26 Å². The first-order valence-electron chi connectivity index (χ1n) is 7.07. The molecular formula is C16H26NOP. The molecule has 1 saturated carbocycles. The average Bonchev–Trinajstić information content (AvgIpc) is 3.02. The molecule has 2 nitrogen and oxygen atoms in total. The third-order valence-electron chi connectivity index (χ3n) is 4.54. The minimum atomic E-state index is -1.45. The van der Waals surface area contributed by atoms with Crippen molar-refractivity contribution in [2.24, 2.45) is 0 Å². The molecule has 0 bridgehead atoms. The van der Waals surface area contributed by atoms with Gasteiger partial charge in [-0.2, -0.15) is 0 Å². The van der Waals surface area contributed by atoms with E-state index in [9.17, 15) is 4.79 Å².